The van der Waals surface area contributed by atoms with Crippen LogP contribution < -0.4 is 20.4 Å². The predicted octanol–water partition coefficient (Wildman–Crippen LogP) is 1.40. The summed E-state index contributed by atoms with van der Waals surface area (Å²) in [6, 6.07) is 4.76. The summed E-state index contributed by atoms with van der Waals surface area (Å²) in [5.74, 6) is 1.14. The first-order valence-electron chi connectivity index (χ1n) is 12.3. The number of amides is 2. The standard InChI is InChI=1S/C25H30FN7O2/c1-16(34)30-8-10-31(11-9-30)22-17(13-28-24(29-22)32-7-4-19(27)15-32)14-33-21-12-18(26)2-3-20(21)25(5-6-25)23(33)35/h2-3,12-13,19H,4-11,14-15,27H2,1H3. The maximum Gasteiger partial charge on any atom is 0.238 e. The van der Waals surface area contributed by atoms with E-state index in [1.165, 1.54) is 12.1 Å². The fourth-order valence-electron chi connectivity index (χ4n) is 5.68. The highest BCUT2D eigenvalue weighted by Gasteiger charge is 2.59. The number of nitrogens with zero attached hydrogens (tertiary/aromatic N) is 6. The second kappa shape index (κ2) is 8.15. The monoisotopic (exact) mass is 479 g/mol. The topological polar surface area (TPSA) is 98.9 Å². The van der Waals surface area contributed by atoms with Gasteiger partial charge in [-0.1, -0.05) is 6.07 Å². The van der Waals surface area contributed by atoms with Gasteiger partial charge in [-0.25, -0.2) is 9.37 Å². The molecule has 3 fully saturated rings. The van der Waals surface area contributed by atoms with Crippen molar-refractivity contribution < 1.29 is 14.0 Å². The van der Waals surface area contributed by atoms with Gasteiger partial charge < -0.3 is 25.3 Å². The molecule has 0 radical (unpaired) electrons. The number of anilines is 3. The summed E-state index contributed by atoms with van der Waals surface area (Å²) in [4.78, 5) is 42.7. The molecule has 6 rings (SSSR count). The van der Waals surface area contributed by atoms with Crippen LogP contribution in [0, 0.1) is 5.82 Å². The van der Waals surface area contributed by atoms with Crippen molar-refractivity contribution in [1.29, 1.82) is 0 Å². The smallest absolute Gasteiger partial charge is 0.238 e. The number of carbonyl (C=O) groups excluding carboxylic acids is 2. The van der Waals surface area contributed by atoms with Crippen LogP contribution in [0.5, 0.6) is 0 Å². The molecule has 1 spiro atoms. The number of hydrogen-bond donors (Lipinski definition) is 1. The van der Waals surface area contributed by atoms with Crippen LogP contribution in [0.4, 0.5) is 21.8 Å². The average molecular weight is 480 g/mol. The van der Waals surface area contributed by atoms with Crippen molar-refractivity contribution in [1.82, 2.24) is 14.9 Å². The van der Waals surface area contributed by atoms with Crippen molar-refractivity contribution in [2.75, 3.05) is 54.0 Å². The van der Waals surface area contributed by atoms with Gasteiger partial charge in [-0.15, -0.1) is 0 Å². The van der Waals surface area contributed by atoms with E-state index in [1.54, 1.807) is 24.1 Å². The molecule has 0 bridgehead atoms. The molecule has 2 saturated heterocycles. The van der Waals surface area contributed by atoms with Crippen LogP contribution in [-0.4, -0.2) is 72.0 Å². The highest BCUT2D eigenvalue weighted by Crippen LogP contribution is 2.57. The minimum Gasteiger partial charge on any atom is -0.353 e. The second-order valence-electron chi connectivity index (χ2n) is 10.1. The van der Waals surface area contributed by atoms with Gasteiger partial charge in [0, 0.05) is 64.0 Å². The maximum absolute atomic E-state index is 14.2. The fraction of sp³-hybridized carbons (Fsp3) is 0.520. The molecule has 1 aromatic carbocycles. The number of piperazine rings is 1. The molecule has 35 heavy (non-hydrogen) atoms. The Kier molecular flexibility index (Phi) is 5.17. The first-order chi connectivity index (χ1) is 16.9. The van der Waals surface area contributed by atoms with E-state index in [4.69, 9.17) is 10.7 Å². The Morgan fingerprint density at radius 1 is 1.17 bits per heavy atom. The van der Waals surface area contributed by atoms with E-state index in [-0.39, 0.29) is 30.2 Å². The molecule has 2 amide bonds. The van der Waals surface area contributed by atoms with Crippen molar-refractivity contribution in [2.24, 2.45) is 5.73 Å². The minimum atomic E-state index is -0.497. The second-order valence-corrected chi connectivity index (χ2v) is 10.1. The third-order valence-corrected chi connectivity index (χ3v) is 7.86. The Balaban J connectivity index is 1.34. The van der Waals surface area contributed by atoms with Crippen LogP contribution in [0.2, 0.25) is 0 Å². The van der Waals surface area contributed by atoms with E-state index in [0.29, 0.717) is 44.4 Å². The van der Waals surface area contributed by atoms with E-state index in [1.807, 2.05) is 4.90 Å². The maximum atomic E-state index is 14.2. The third-order valence-electron chi connectivity index (χ3n) is 7.86. The summed E-state index contributed by atoms with van der Waals surface area (Å²) in [5.41, 5.74) is 8.00. The lowest BCUT2D eigenvalue weighted by Crippen LogP contribution is -2.49. The number of carbonyl (C=O) groups is 2. The summed E-state index contributed by atoms with van der Waals surface area (Å²) < 4.78 is 14.2. The molecule has 1 aliphatic carbocycles. The molecule has 1 atom stereocenters. The van der Waals surface area contributed by atoms with Gasteiger partial charge in [-0.2, -0.15) is 4.98 Å². The van der Waals surface area contributed by atoms with Crippen LogP contribution in [0.15, 0.2) is 24.4 Å². The number of hydrogen-bond acceptors (Lipinski definition) is 7. The molecule has 2 N–H and O–H groups in total. The van der Waals surface area contributed by atoms with Gasteiger partial charge in [0.25, 0.3) is 0 Å². The summed E-state index contributed by atoms with van der Waals surface area (Å²) in [7, 11) is 0. The van der Waals surface area contributed by atoms with Gasteiger partial charge >= 0.3 is 0 Å². The highest BCUT2D eigenvalue weighted by atomic mass is 19.1. The molecular formula is C25H30FN7O2. The van der Waals surface area contributed by atoms with Gasteiger partial charge in [0.05, 0.1) is 17.6 Å². The molecule has 184 valence electrons. The van der Waals surface area contributed by atoms with Crippen molar-refractivity contribution in [3.8, 4) is 0 Å². The zero-order valence-corrected chi connectivity index (χ0v) is 19.9. The van der Waals surface area contributed by atoms with Crippen LogP contribution >= 0.6 is 0 Å². The molecule has 1 unspecified atom stereocenters. The molecule has 4 aliphatic rings. The summed E-state index contributed by atoms with van der Waals surface area (Å²) >= 11 is 0. The Labute approximate surface area is 203 Å². The van der Waals surface area contributed by atoms with E-state index in [9.17, 15) is 14.0 Å². The lowest BCUT2D eigenvalue weighted by Gasteiger charge is -2.36. The number of halogens is 1. The molecular weight excluding hydrogens is 449 g/mol. The van der Waals surface area contributed by atoms with Crippen molar-refractivity contribution in [3.05, 3.63) is 41.3 Å². The van der Waals surface area contributed by atoms with Crippen LogP contribution in [0.1, 0.15) is 37.3 Å². The summed E-state index contributed by atoms with van der Waals surface area (Å²) in [6.45, 7) is 5.89. The van der Waals surface area contributed by atoms with E-state index in [2.05, 4.69) is 14.8 Å². The first-order valence-corrected chi connectivity index (χ1v) is 12.3. The van der Waals surface area contributed by atoms with Gasteiger partial charge in [-0.05, 0) is 37.0 Å². The molecule has 10 heteroatoms. The van der Waals surface area contributed by atoms with Gasteiger partial charge in [0.1, 0.15) is 11.6 Å². The number of rotatable bonds is 4. The summed E-state index contributed by atoms with van der Waals surface area (Å²) in [6.07, 6.45) is 4.28. The number of aromatic nitrogens is 2. The van der Waals surface area contributed by atoms with Crippen LogP contribution in [-0.2, 0) is 21.5 Å². The number of benzene rings is 1. The Bertz CT molecular complexity index is 1190. The number of fused-ring (bicyclic) bond motifs is 2. The van der Waals surface area contributed by atoms with Crippen molar-refractivity contribution >= 4 is 29.3 Å². The normalized spacial score (nSPS) is 22.8. The fourth-order valence-corrected chi connectivity index (χ4v) is 5.68. The molecule has 4 heterocycles. The van der Waals surface area contributed by atoms with E-state index in [0.717, 1.165) is 42.8 Å². The molecule has 1 aromatic heterocycles. The third kappa shape index (κ3) is 3.71. The zero-order chi connectivity index (χ0) is 24.3. The quantitative estimate of drug-likeness (QED) is 0.708. The Morgan fingerprint density at radius 3 is 2.60 bits per heavy atom. The Hall–Kier alpha value is -3.27. The average Bonchev–Trinajstić information content (AvgIpc) is 3.50. The lowest BCUT2D eigenvalue weighted by molar-refractivity contribution is -0.129. The SMILES string of the molecule is CC(=O)N1CCN(c2nc(N3CCC(N)C3)ncc2CN2C(=O)C3(CC3)c3ccc(F)cc32)CC1. The zero-order valence-electron chi connectivity index (χ0n) is 19.9. The van der Waals surface area contributed by atoms with Crippen molar-refractivity contribution in [2.45, 2.75) is 44.2 Å². The van der Waals surface area contributed by atoms with E-state index >= 15 is 0 Å². The predicted molar refractivity (Wildman–Crippen MR) is 130 cm³/mol. The van der Waals surface area contributed by atoms with Gasteiger partial charge in [0.2, 0.25) is 17.8 Å². The van der Waals surface area contributed by atoms with Crippen molar-refractivity contribution in [3.63, 3.8) is 0 Å². The molecule has 9 nitrogen and oxygen atoms in total. The summed E-state index contributed by atoms with van der Waals surface area (Å²) in [5, 5.41) is 0. The van der Waals surface area contributed by atoms with Crippen LogP contribution in [0.3, 0.4) is 0 Å². The molecule has 1 saturated carbocycles. The van der Waals surface area contributed by atoms with E-state index < -0.39 is 5.41 Å². The minimum absolute atomic E-state index is 0.0278. The Morgan fingerprint density at radius 2 is 1.94 bits per heavy atom. The number of nitrogens with two attached hydrogens (primary N) is 1. The van der Waals surface area contributed by atoms with Crippen LogP contribution in [0.25, 0.3) is 0 Å². The first kappa shape index (κ1) is 22.2. The van der Waals surface area contributed by atoms with Gasteiger partial charge in [0.15, 0.2) is 0 Å². The molecule has 2 aromatic rings. The van der Waals surface area contributed by atoms with Gasteiger partial charge in [-0.3, -0.25) is 9.59 Å². The molecule has 3 aliphatic heterocycles. The largest absolute Gasteiger partial charge is 0.353 e. The lowest BCUT2D eigenvalue weighted by atomic mass is 9.98. The highest BCUT2D eigenvalue weighted by molar-refractivity contribution is 6.10.